The number of rotatable bonds is 8. The SMILES string of the molecule is CC(C)OC(=O)[C@@H](C)N[PH](=O)OC[C@@H]1C[C@H](C)[C@H](n2cnc3c(N)ncnc32)O1. The summed E-state index contributed by atoms with van der Waals surface area (Å²) in [6.07, 6.45) is 2.95. The van der Waals surface area contributed by atoms with Gasteiger partial charge in [0, 0.05) is 5.92 Å². The van der Waals surface area contributed by atoms with E-state index in [1.165, 1.54) is 6.33 Å². The Labute approximate surface area is 169 Å². The summed E-state index contributed by atoms with van der Waals surface area (Å²) in [6, 6.07) is -0.720. The van der Waals surface area contributed by atoms with E-state index < -0.39 is 20.2 Å². The van der Waals surface area contributed by atoms with Crippen LogP contribution in [0.1, 0.15) is 40.3 Å². The van der Waals surface area contributed by atoms with Crippen molar-refractivity contribution in [3.8, 4) is 0 Å². The Morgan fingerprint density at radius 2 is 2.17 bits per heavy atom. The maximum absolute atomic E-state index is 12.1. The molecule has 0 radical (unpaired) electrons. The van der Waals surface area contributed by atoms with Crippen LogP contribution >= 0.6 is 8.18 Å². The van der Waals surface area contributed by atoms with Crippen LogP contribution in [0.5, 0.6) is 0 Å². The van der Waals surface area contributed by atoms with Gasteiger partial charge >= 0.3 is 5.97 Å². The van der Waals surface area contributed by atoms with Crippen LogP contribution in [0.15, 0.2) is 12.7 Å². The number of hydrogen-bond acceptors (Lipinski definition) is 9. The van der Waals surface area contributed by atoms with Crippen molar-refractivity contribution in [2.45, 2.75) is 58.6 Å². The van der Waals surface area contributed by atoms with Crippen LogP contribution in [0.4, 0.5) is 5.82 Å². The van der Waals surface area contributed by atoms with E-state index in [9.17, 15) is 9.36 Å². The van der Waals surface area contributed by atoms with Gasteiger partial charge < -0.3 is 19.7 Å². The van der Waals surface area contributed by atoms with Crippen LogP contribution in [0.2, 0.25) is 0 Å². The Morgan fingerprint density at radius 1 is 1.41 bits per heavy atom. The molecule has 2 aromatic heterocycles. The topological polar surface area (TPSA) is 143 Å². The lowest BCUT2D eigenvalue weighted by atomic mass is 10.1. The van der Waals surface area contributed by atoms with Crippen LogP contribution in [0.3, 0.4) is 0 Å². The third-order valence-electron chi connectivity index (χ3n) is 4.55. The van der Waals surface area contributed by atoms with Crippen molar-refractivity contribution in [1.29, 1.82) is 0 Å². The van der Waals surface area contributed by atoms with Gasteiger partial charge in [0.1, 0.15) is 24.1 Å². The highest BCUT2D eigenvalue weighted by Gasteiger charge is 2.35. The van der Waals surface area contributed by atoms with E-state index in [1.54, 1.807) is 27.1 Å². The summed E-state index contributed by atoms with van der Waals surface area (Å²) in [6.45, 7) is 7.28. The molecule has 160 valence electrons. The molecule has 0 bridgehead atoms. The highest BCUT2D eigenvalue weighted by atomic mass is 31.1. The van der Waals surface area contributed by atoms with Gasteiger partial charge in [0.05, 0.1) is 25.1 Å². The van der Waals surface area contributed by atoms with E-state index in [-0.39, 0.29) is 31.0 Å². The van der Waals surface area contributed by atoms with Gasteiger partial charge in [-0.25, -0.2) is 20.0 Å². The van der Waals surface area contributed by atoms with Gasteiger partial charge in [-0.2, -0.15) is 0 Å². The standard InChI is InChI=1S/C17H27N6O5P/c1-9(2)27-17(24)11(4)22-29(25)26-6-12-5-10(3)16(28-12)23-8-21-13-14(18)19-7-20-15(13)23/h7-12,16,29H,5-6H2,1-4H3,(H,22,25)(H2,18,19,20)/t10-,11+,12-,16+/m0/s1. The summed E-state index contributed by atoms with van der Waals surface area (Å²) in [5.74, 6) is 0.00230. The minimum absolute atomic E-state index is 0.140. The summed E-state index contributed by atoms with van der Waals surface area (Å²) in [7, 11) is -2.62. The number of anilines is 1. The molecule has 1 aliphatic heterocycles. The van der Waals surface area contributed by atoms with Crippen molar-refractivity contribution in [3.05, 3.63) is 12.7 Å². The summed E-state index contributed by atoms with van der Waals surface area (Å²) >= 11 is 0. The zero-order valence-corrected chi connectivity index (χ0v) is 17.9. The number of nitrogens with zero attached hydrogens (tertiary/aromatic N) is 4. The molecular formula is C17H27N6O5P. The monoisotopic (exact) mass is 426 g/mol. The lowest BCUT2D eigenvalue weighted by Gasteiger charge is -2.18. The number of ether oxygens (including phenoxy) is 2. The second kappa shape index (κ2) is 9.17. The molecule has 0 aliphatic carbocycles. The second-order valence-corrected chi connectivity index (χ2v) is 8.55. The number of esters is 1. The Bertz CT molecular complexity index is 890. The molecule has 0 aromatic carbocycles. The minimum atomic E-state index is -2.62. The van der Waals surface area contributed by atoms with Crippen molar-refractivity contribution < 1.29 is 23.4 Å². The maximum Gasteiger partial charge on any atom is 0.323 e. The zero-order valence-electron chi connectivity index (χ0n) is 16.9. The summed E-state index contributed by atoms with van der Waals surface area (Å²) in [5.41, 5.74) is 6.97. The molecule has 1 saturated heterocycles. The molecule has 1 fully saturated rings. The minimum Gasteiger partial charge on any atom is -0.462 e. The number of nitrogen functional groups attached to an aromatic ring is 1. The van der Waals surface area contributed by atoms with Crippen molar-refractivity contribution in [1.82, 2.24) is 24.6 Å². The first-order chi connectivity index (χ1) is 13.8. The second-order valence-electron chi connectivity index (χ2n) is 7.39. The van der Waals surface area contributed by atoms with Gasteiger partial charge in [0.25, 0.3) is 8.18 Å². The molecule has 3 heterocycles. The summed E-state index contributed by atoms with van der Waals surface area (Å²) in [4.78, 5) is 24.2. The van der Waals surface area contributed by atoms with E-state index in [0.29, 0.717) is 23.4 Å². The van der Waals surface area contributed by atoms with E-state index in [4.69, 9.17) is 19.7 Å². The van der Waals surface area contributed by atoms with Gasteiger partial charge in [-0.1, -0.05) is 6.92 Å². The van der Waals surface area contributed by atoms with E-state index in [0.717, 1.165) is 0 Å². The number of aromatic nitrogens is 4. The number of fused-ring (bicyclic) bond motifs is 1. The Kier molecular flexibility index (Phi) is 6.84. The molecule has 3 N–H and O–H groups in total. The van der Waals surface area contributed by atoms with Crippen molar-refractivity contribution in [2.75, 3.05) is 12.3 Å². The van der Waals surface area contributed by atoms with Gasteiger partial charge in [-0.05, 0) is 27.2 Å². The van der Waals surface area contributed by atoms with Crippen LogP contribution in [-0.2, 0) is 23.4 Å². The van der Waals surface area contributed by atoms with E-state index >= 15 is 0 Å². The molecule has 29 heavy (non-hydrogen) atoms. The lowest BCUT2D eigenvalue weighted by molar-refractivity contribution is -0.149. The van der Waals surface area contributed by atoms with Gasteiger partial charge in [-0.15, -0.1) is 0 Å². The van der Waals surface area contributed by atoms with Crippen molar-refractivity contribution in [3.63, 3.8) is 0 Å². The Hall–Kier alpha value is -2.07. The number of nitrogens with one attached hydrogen (secondary N) is 1. The zero-order chi connectivity index (χ0) is 21.1. The van der Waals surface area contributed by atoms with Crippen LogP contribution in [0, 0.1) is 5.92 Å². The van der Waals surface area contributed by atoms with Crippen LogP contribution < -0.4 is 10.8 Å². The molecule has 3 rings (SSSR count). The first-order valence-electron chi connectivity index (χ1n) is 9.48. The molecule has 0 saturated carbocycles. The van der Waals surface area contributed by atoms with Gasteiger partial charge in [-0.3, -0.25) is 13.9 Å². The maximum atomic E-state index is 12.1. The number of carbonyl (C=O) groups is 1. The molecular weight excluding hydrogens is 399 g/mol. The first kappa shape index (κ1) is 21.6. The van der Waals surface area contributed by atoms with Crippen LogP contribution in [-0.4, -0.2) is 50.3 Å². The molecule has 12 heteroatoms. The molecule has 11 nitrogen and oxygen atoms in total. The largest absolute Gasteiger partial charge is 0.462 e. The highest BCUT2D eigenvalue weighted by molar-refractivity contribution is 7.36. The third-order valence-corrected chi connectivity index (χ3v) is 5.65. The van der Waals surface area contributed by atoms with Crippen molar-refractivity contribution in [2.24, 2.45) is 5.92 Å². The van der Waals surface area contributed by atoms with E-state index in [1.807, 2.05) is 11.5 Å². The smallest absolute Gasteiger partial charge is 0.323 e. The van der Waals surface area contributed by atoms with Gasteiger partial charge in [0.15, 0.2) is 11.5 Å². The molecule has 1 aliphatic rings. The van der Waals surface area contributed by atoms with E-state index in [2.05, 4.69) is 20.0 Å². The average Bonchev–Trinajstić information content (AvgIpc) is 3.23. The first-order valence-corrected chi connectivity index (χ1v) is 10.8. The molecule has 2 aromatic rings. The van der Waals surface area contributed by atoms with Crippen molar-refractivity contribution >= 4 is 31.1 Å². The molecule has 5 atom stereocenters. The highest BCUT2D eigenvalue weighted by Crippen LogP contribution is 2.36. The predicted octanol–water partition coefficient (Wildman–Crippen LogP) is 1.67. The number of hydrogen-bond donors (Lipinski definition) is 2. The number of carbonyl (C=O) groups excluding carboxylic acids is 1. The average molecular weight is 426 g/mol. The summed E-state index contributed by atoms with van der Waals surface area (Å²) < 4.78 is 30.5. The lowest BCUT2D eigenvalue weighted by Crippen LogP contribution is -2.33. The fraction of sp³-hybridized carbons (Fsp3) is 0.647. The van der Waals surface area contributed by atoms with Crippen LogP contribution in [0.25, 0.3) is 11.2 Å². The number of imidazole rings is 1. The fourth-order valence-corrected chi connectivity index (χ4v) is 4.09. The normalized spacial score (nSPS) is 24.1. The third kappa shape index (κ3) is 5.11. The predicted molar refractivity (Wildman–Crippen MR) is 106 cm³/mol. The Balaban J connectivity index is 1.54. The fourth-order valence-electron chi connectivity index (χ4n) is 3.20. The Morgan fingerprint density at radius 3 is 2.90 bits per heavy atom. The molecule has 0 spiro atoms. The molecule has 1 unspecified atom stereocenters. The van der Waals surface area contributed by atoms with Gasteiger partial charge in [0.2, 0.25) is 0 Å². The number of nitrogens with two attached hydrogens (primary N) is 1. The molecule has 0 amide bonds. The summed E-state index contributed by atoms with van der Waals surface area (Å²) in [5, 5.41) is 2.64. The quantitative estimate of drug-likeness (QED) is 0.472.